The number of amides is 1. The zero-order chi connectivity index (χ0) is 17.8. The van der Waals surface area contributed by atoms with Crippen molar-refractivity contribution < 1.29 is 9.90 Å². The molecule has 4 N–H and O–H groups in total. The number of hydrogen-bond donors (Lipinski definition) is 3. The van der Waals surface area contributed by atoms with Crippen LogP contribution in [0.1, 0.15) is 88.2 Å². The number of nitrogen functional groups attached to an aromatic ring is 1. The minimum Gasteiger partial charge on any atom is -0.507 e. The van der Waals surface area contributed by atoms with E-state index in [1.54, 1.807) is 6.07 Å². The predicted octanol–water partition coefficient (Wildman–Crippen LogP) is 4.22. The summed E-state index contributed by atoms with van der Waals surface area (Å²) in [5.41, 5.74) is 4.08. The second-order valence-corrected chi connectivity index (χ2v) is 7.35. The van der Waals surface area contributed by atoms with Gasteiger partial charge in [-0.2, -0.15) is 0 Å². The molecule has 4 heteroatoms. The average molecular weight is 320 g/mol. The summed E-state index contributed by atoms with van der Waals surface area (Å²) in [6.45, 7) is 12.9. The summed E-state index contributed by atoms with van der Waals surface area (Å²) >= 11 is 0. The lowest BCUT2D eigenvalue weighted by atomic mass is 9.74. The van der Waals surface area contributed by atoms with Crippen molar-refractivity contribution in [2.24, 2.45) is 11.8 Å². The van der Waals surface area contributed by atoms with Crippen molar-refractivity contribution in [2.45, 2.75) is 72.1 Å². The van der Waals surface area contributed by atoms with E-state index in [1.807, 2.05) is 0 Å². The molecular formula is C19H32N2O2. The molecule has 0 aliphatic heterocycles. The third-order valence-corrected chi connectivity index (χ3v) is 4.97. The summed E-state index contributed by atoms with van der Waals surface area (Å²) in [5.74, 6) is 5.74. The van der Waals surface area contributed by atoms with E-state index in [0.717, 1.165) is 30.4 Å². The molecule has 2 unspecified atom stereocenters. The van der Waals surface area contributed by atoms with Gasteiger partial charge in [0.2, 0.25) is 0 Å². The van der Waals surface area contributed by atoms with Crippen LogP contribution >= 0.6 is 0 Å². The molecule has 0 bridgehead atoms. The Balaban J connectivity index is 3.47. The minimum absolute atomic E-state index is 0.0494. The molecule has 1 rings (SSSR count). The Bertz CT molecular complexity index is 553. The van der Waals surface area contributed by atoms with Crippen molar-refractivity contribution in [3.63, 3.8) is 0 Å². The molecule has 0 aromatic heterocycles. The number of aromatic hydroxyl groups is 1. The van der Waals surface area contributed by atoms with Crippen LogP contribution in [0.3, 0.4) is 0 Å². The van der Waals surface area contributed by atoms with Crippen LogP contribution in [-0.4, -0.2) is 11.0 Å². The second-order valence-electron chi connectivity index (χ2n) is 7.35. The molecule has 1 aromatic carbocycles. The number of hydrazine groups is 1. The van der Waals surface area contributed by atoms with Gasteiger partial charge >= 0.3 is 0 Å². The van der Waals surface area contributed by atoms with Crippen LogP contribution in [0.5, 0.6) is 5.75 Å². The first-order chi connectivity index (χ1) is 10.7. The minimum atomic E-state index is -0.451. The quantitative estimate of drug-likeness (QED) is 0.400. The fourth-order valence-electron chi connectivity index (χ4n) is 3.07. The Hall–Kier alpha value is -1.55. The Labute approximate surface area is 140 Å². The standard InChI is InChI=1S/C19H32N2O2/c1-7-12(3)11-19(5,6)16-10-14(13(4)8-2)9-15(17(16)22)18(23)21-20/h9-10,12-13,22H,7-8,11,20H2,1-6H3,(H,21,23). The van der Waals surface area contributed by atoms with Crippen molar-refractivity contribution in [3.05, 3.63) is 28.8 Å². The summed E-state index contributed by atoms with van der Waals surface area (Å²) in [5, 5.41) is 10.7. The number of nitrogens with two attached hydrogens (primary N) is 1. The smallest absolute Gasteiger partial charge is 0.268 e. The lowest BCUT2D eigenvalue weighted by Crippen LogP contribution is -2.31. The van der Waals surface area contributed by atoms with Crippen LogP contribution in [0.15, 0.2) is 12.1 Å². The zero-order valence-electron chi connectivity index (χ0n) is 15.4. The summed E-state index contributed by atoms with van der Waals surface area (Å²) < 4.78 is 0. The summed E-state index contributed by atoms with van der Waals surface area (Å²) in [4.78, 5) is 12.1. The molecule has 23 heavy (non-hydrogen) atoms. The molecule has 1 amide bonds. The van der Waals surface area contributed by atoms with Crippen LogP contribution in [-0.2, 0) is 5.41 Å². The first-order valence-corrected chi connectivity index (χ1v) is 8.56. The number of carbonyl (C=O) groups is 1. The molecule has 0 spiro atoms. The van der Waals surface area contributed by atoms with Crippen molar-refractivity contribution in [2.75, 3.05) is 0 Å². The van der Waals surface area contributed by atoms with E-state index in [2.05, 4.69) is 53.0 Å². The van der Waals surface area contributed by atoms with Gasteiger partial charge < -0.3 is 5.11 Å². The molecule has 0 aliphatic rings. The third kappa shape index (κ3) is 4.47. The Morgan fingerprint density at radius 1 is 1.26 bits per heavy atom. The fraction of sp³-hybridized carbons (Fsp3) is 0.632. The maximum absolute atomic E-state index is 12.1. The van der Waals surface area contributed by atoms with Gasteiger partial charge in [-0.15, -0.1) is 0 Å². The summed E-state index contributed by atoms with van der Waals surface area (Å²) in [7, 11) is 0. The first-order valence-electron chi connectivity index (χ1n) is 8.56. The highest BCUT2D eigenvalue weighted by atomic mass is 16.3. The van der Waals surface area contributed by atoms with E-state index in [0.29, 0.717) is 11.8 Å². The van der Waals surface area contributed by atoms with Gasteiger partial charge in [-0.05, 0) is 41.7 Å². The van der Waals surface area contributed by atoms with E-state index in [9.17, 15) is 9.90 Å². The van der Waals surface area contributed by atoms with Crippen LogP contribution in [0.2, 0.25) is 0 Å². The highest BCUT2D eigenvalue weighted by Crippen LogP contribution is 2.40. The highest BCUT2D eigenvalue weighted by molar-refractivity contribution is 5.97. The van der Waals surface area contributed by atoms with Crippen LogP contribution in [0, 0.1) is 5.92 Å². The van der Waals surface area contributed by atoms with E-state index < -0.39 is 5.91 Å². The molecule has 0 saturated carbocycles. The number of carbonyl (C=O) groups excluding carboxylic acids is 1. The summed E-state index contributed by atoms with van der Waals surface area (Å²) in [6, 6.07) is 3.81. The molecule has 2 atom stereocenters. The molecule has 0 fully saturated rings. The van der Waals surface area contributed by atoms with Gasteiger partial charge in [-0.1, -0.05) is 54.0 Å². The van der Waals surface area contributed by atoms with Gasteiger partial charge in [0, 0.05) is 5.56 Å². The SMILES string of the molecule is CCC(C)CC(C)(C)c1cc(C(C)CC)cc(C(=O)NN)c1O. The van der Waals surface area contributed by atoms with Crippen LogP contribution < -0.4 is 11.3 Å². The molecule has 0 heterocycles. The van der Waals surface area contributed by atoms with Crippen molar-refractivity contribution in [1.82, 2.24) is 5.43 Å². The average Bonchev–Trinajstić information content (AvgIpc) is 2.52. The molecule has 130 valence electrons. The maximum Gasteiger partial charge on any atom is 0.268 e. The largest absolute Gasteiger partial charge is 0.507 e. The maximum atomic E-state index is 12.1. The Kier molecular flexibility index (Phi) is 6.63. The van der Waals surface area contributed by atoms with E-state index >= 15 is 0 Å². The van der Waals surface area contributed by atoms with Crippen molar-refractivity contribution in [1.29, 1.82) is 0 Å². The Morgan fingerprint density at radius 3 is 2.35 bits per heavy atom. The van der Waals surface area contributed by atoms with Gasteiger partial charge in [-0.25, -0.2) is 5.84 Å². The second kappa shape index (κ2) is 7.82. The fourth-order valence-corrected chi connectivity index (χ4v) is 3.07. The molecule has 1 aromatic rings. The van der Waals surface area contributed by atoms with Gasteiger partial charge in [0.1, 0.15) is 5.75 Å². The van der Waals surface area contributed by atoms with Crippen LogP contribution in [0.25, 0.3) is 0 Å². The molecule has 0 aliphatic carbocycles. The topological polar surface area (TPSA) is 75.4 Å². The monoisotopic (exact) mass is 320 g/mol. The van der Waals surface area contributed by atoms with Gasteiger partial charge in [0.25, 0.3) is 5.91 Å². The van der Waals surface area contributed by atoms with Crippen LogP contribution in [0.4, 0.5) is 0 Å². The number of nitrogens with one attached hydrogen (secondary N) is 1. The van der Waals surface area contributed by atoms with Gasteiger partial charge in [-0.3, -0.25) is 10.2 Å². The number of phenols is 1. The van der Waals surface area contributed by atoms with Gasteiger partial charge in [0.05, 0.1) is 5.56 Å². The molecule has 0 radical (unpaired) electrons. The normalized spacial score (nSPS) is 14.4. The third-order valence-electron chi connectivity index (χ3n) is 4.97. The Morgan fingerprint density at radius 2 is 1.87 bits per heavy atom. The number of benzene rings is 1. The van der Waals surface area contributed by atoms with E-state index in [-0.39, 0.29) is 16.7 Å². The van der Waals surface area contributed by atoms with Gasteiger partial charge in [0.15, 0.2) is 0 Å². The number of rotatable bonds is 7. The molecule has 0 saturated heterocycles. The van der Waals surface area contributed by atoms with Crippen molar-refractivity contribution >= 4 is 5.91 Å². The predicted molar refractivity (Wildman–Crippen MR) is 95.6 cm³/mol. The van der Waals surface area contributed by atoms with Crippen molar-refractivity contribution in [3.8, 4) is 5.75 Å². The molecule has 4 nitrogen and oxygen atoms in total. The lowest BCUT2D eigenvalue weighted by Gasteiger charge is -2.30. The molecular weight excluding hydrogens is 288 g/mol. The first kappa shape index (κ1) is 19.5. The highest BCUT2D eigenvalue weighted by Gasteiger charge is 2.29. The van der Waals surface area contributed by atoms with E-state index in [1.165, 1.54) is 0 Å². The zero-order valence-corrected chi connectivity index (χ0v) is 15.4. The lowest BCUT2D eigenvalue weighted by molar-refractivity contribution is 0.0950. The number of hydrogen-bond acceptors (Lipinski definition) is 3. The number of phenolic OH excluding ortho intramolecular Hbond substituents is 1. The van der Waals surface area contributed by atoms with E-state index in [4.69, 9.17) is 5.84 Å². The summed E-state index contributed by atoms with van der Waals surface area (Å²) in [6.07, 6.45) is 3.01.